The maximum absolute atomic E-state index is 12.9. The van der Waals surface area contributed by atoms with Gasteiger partial charge in [-0.1, -0.05) is 108 Å². The Labute approximate surface area is 836 Å². The van der Waals surface area contributed by atoms with Crippen LogP contribution >= 0.6 is 0 Å². The summed E-state index contributed by atoms with van der Waals surface area (Å²) in [5, 5.41) is 52.0. The minimum absolute atomic E-state index is 0.00621. The third-order valence-corrected chi connectivity index (χ3v) is 24.5. The van der Waals surface area contributed by atoms with E-state index in [-0.39, 0.29) is 210 Å². The maximum Gasteiger partial charge on any atom is 0.335 e. The van der Waals surface area contributed by atoms with Crippen LogP contribution in [-0.2, 0) is 99.9 Å². The molecular formula is C110H114N12O23. The Morgan fingerprint density at radius 1 is 0.359 bits per heavy atom. The van der Waals surface area contributed by atoms with Gasteiger partial charge >= 0.3 is 17.9 Å². The number of carbonyl (C=O) groups is 14. The number of benzene rings is 10. The summed E-state index contributed by atoms with van der Waals surface area (Å²) in [6, 6.07) is 63.7. The van der Waals surface area contributed by atoms with E-state index in [0.717, 1.165) is 70.9 Å². The molecule has 0 bridgehead atoms. The molecular weight excluding hydrogens is 1860 g/mol. The van der Waals surface area contributed by atoms with E-state index in [1.807, 2.05) is 192 Å². The summed E-state index contributed by atoms with van der Waals surface area (Å²) in [6.45, 7) is 2.68. The molecule has 752 valence electrons. The molecule has 10 N–H and O–H groups in total. The molecule has 0 unspecified atom stereocenters. The molecule has 35 nitrogen and oxygen atoms in total. The number of aromatic carboxylic acids is 1. The quantitative estimate of drug-likeness (QED) is 0.0155. The number of aliphatic imine (C=N–C) groups is 4. The summed E-state index contributed by atoms with van der Waals surface area (Å²) in [4.78, 5) is 190. The van der Waals surface area contributed by atoms with E-state index in [0.29, 0.717) is 73.8 Å². The standard InChI is InChI=1S/C21H28N2O8.2C17H14N2O2.2C17H14N2O.C12H20N2O5.C9H10O4/c1-31-21(30)6-7-22-19(28)4-2-17(26)11-23-20(29)5-3-18(27)16-9-14(12-24)8-15(10-16)13-25;2*1-21-13-6-7-15-14(9-13)17(20)19-12(10-18-15)8-11-4-2-3-5-16(11)19;2*1-11-6-7-15-14(8-11)17(20)19-13(10-18-15)9-12-4-2-3-5-16(12)19;1-19-12(18)4-2-3-10(16)8-14-11(17)6-5-9(15)7-13;10-4-6-1-7(5-11)3-8(2-6)9(12)13/h8-10,24-25H,2-7,11-13H2,1H3,(H,22,28)(H,23,29);2*2-7,9-10,12H,8H2,1H3;2*2-8,10,13H,9H2,1H3;2-8,13H2,1H3,(H,14,17);1-3,10-11H,4-5H2,(H,12,13)/t;2*12-;2*13-;;/m.0000../s1. The molecule has 35 heteroatoms. The van der Waals surface area contributed by atoms with Crippen molar-refractivity contribution >= 4 is 153 Å². The average Bonchev–Trinajstić information content (AvgIpc) is 1.63. The highest BCUT2D eigenvalue weighted by Gasteiger charge is 2.41. The maximum atomic E-state index is 12.9. The van der Waals surface area contributed by atoms with Crippen molar-refractivity contribution in [2.24, 2.45) is 25.7 Å². The Morgan fingerprint density at radius 3 is 1.02 bits per heavy atom. The van der Waals surface area contributed by atoms with Crippen molar-refractivity contribution in [1.29, 1.82) is 0 Å². The van der Waals surface area contributed by atoms with Crippen LogP contribution in [0.15, 0.2) is 226 Å². The molecule has 4 atom stereocenters. The number of para-hydroxylation sites is 4. The fraction of sp³-hybridized carbons (Fsp3) is 0.291. The minimum Gasteiger partial charge on any atom is -0.497 e. The second-order valence-electron chi connectivity index (χ2n) is 34.6. The third-order valence-electron chi connectivity index (χ3n) is 24.5. The average molecular weight is 1970 g/mol. The summed E-state index contributed by atoms with van der Waals surface area (Å²) >= 11 is 0. The highest BCUT2D eigenvalue weighted by Crippen LogP contribution is 2.42. The predicted molar refractivity (Wildman–Crippen MR) is 545 cm³/mol. The number of aryl methyl sites for hydroxylation is 2. The molecule has 10 aromatic rings. The van der Waals surface area contributed by atoms with E-state index in [4.69, 9.17) is 30.5 Å². The van der Waals surface area contributed by atoms with Crippen molar-refractivity contribution in [3.63, 3.8) is 0 Å². The van der Waals surface area contributed by atoms with Gasteiger partial charge in [0, 0.05) is 137 Å². The van der Waals surface area contributed by atoms with Gasteiger partial charge in [0.25, 0.3) is 23.6 Å². The van der Waals surface area contributed by atoms with Crippen LogP contribution in [0.5, 0.6) is 11.5 Å². The number of carboxylic acid groups (broad SMARTS) is 1. The molecule has 0 saturated carbocycles. The van der Waals surface area contributed by atoms with E-state index in [2.05, 4.69) is 69.7 Å². The molecule has 0 saturated heterocycles. The number of ketones is 4. The number of rotatable bonds is 29. The third kappa shape index (κ3) is 28.3. The van der Waals surface area contributed by atoms with E-state index in [1.54, 1.807) is 38.5 Å². The van der Waals surface area contributed by atoms with Crippen LogP contribution in [0, 0.1) is 13.8 Å². The Balaban J connectivity index is 0.000000152. The number of nitrogens with zero attached hydrogens (tertiary/aromatic N) is 8. The van der Waals surface area contributed by atoms with E-state index in [9.17, 15) is 77.3 Å². The second kappa shape index (κ2) is 51.9. The molecule has 0 spiro atoms. The monoisotopic (exact) mass is 1970 g/mol. The first-order valence-corrected chi connectivity index (χ1v) is 47.0. The Hall–Kier alpha value is -16.3. The van der Waals surface area contributed by atoms with Gasteiger partial charge in [-0.3, -0.25) is 102 Å². The number of fused-ring (bicyclic) bond motifs is 16. The van der Waals surface area contributed by atoms with Gasteiger partial charge < -0.3 is 66.2 Å². The SMILES string of the molecule is COC(=O)CCCC(=O)CNC(=O)CCC(=O)CN.COC(=O)CCNC(=O)CCC(=O)CNC(=O)CCC(=O)c1cc(CO)cc(CO)c1.COc1ccc2c(c1)C(=O)N1c3ccccc3C[C@H]1C=N2.COc1ccc2c(c1)C(=O)N1c3ccccc3C[C@H]1C=N2.Cc1ccc2c(c1)C(=O)N1c3ccccc3C[C@H]1C=N2.Cc1ccc2c(c1)C(=O)N1c3ccccc3C[C@H]1C=N2.O=C(O)c1cc(CO)cc(CO)c1. The van der Waals surface area contributed by atoms with Crippen molar-refractivity contribution in [2.45, 2.75) is 154 Å². The number of aliphatic hydroxyl groups excluding tert-OH is 4. The number of hydrogen-bond acceptors (Lipinski definition) is 27. The number of nitrogens with one attached hydrogen (secondary N) is 3. The molecule has 10 aromatic carbocycles. The lowest BCUT2D eigenvalue weighted by Gasteiger charge is -2.21. The van der Waals surface area contributed by atoms with Crippen LogP contribution in [0.3, 0.4) is 0 Å². The highest BCUT2D eigenvalue weighted by molar-refractivity contribution is 6.18. The number of anilines is 4. The zero-order chi connectivity index (χ0) is 104. The van der Waals surface area contributed by atoms with Gasteiger partial charge in [0.1, 0.15) is 17.3 Å². The first-order chi connectivity index (χ1) is 70.0. The number of aliphatic hydroxyl groups is 4. The molecule has 7 amide bonds. The summed E-state index contributed by atoms with van der Waals surface area (Å²) in [5.74, 6) is -2.72. The van der Waals surface area contributed by atoms with Crippen LogP contribution in [0.2, 0.25) is 0 Å². The molecule has 18 rings (SSSR count). The second-order valence-corrected chi connectivity index (χ2v) is 34.6. The van der Waals surface area contributed by atoms with Crippen molar-refractivity contribution in [3.8, 4) is 11.5 Å². The van der Waals surface area contributed by atoms with Gasteiger partial charge in [-0.25, -0.2) is 4.79 Å². The van der Waals surface area contributed by atoms with Crippen molar-refractivity contribution < 1.29 is 112 Å². The molecule has 8 heterocycles. The normalized spacial score (nSPS) is 15.2. The number of esters is 2. The molecule has 8 aliphatic rings. The number of amides is 7. The van der Waals surface area contributed by atoms with Crippen LogP contribution in [0.1, 0.15) is 182 Å². The number of ether oxygens (including phenoxy) is 4. The predicted octanol–water partition coefficient (Wildman–Crippen LogP) is 12.0. The lowest BCUT2D eigenvalue weighted by molar-refractivity contribution is -0.141. The summed E-state index contributed by atoms with van der Waals surface area (Å²) < 4.78 is 19.3. The van der Waals surface area contributed by atoms with Gasteiger partial charge in [-0.15, -0.1) is 0 Å². The molecule has 0 aliphatic carbocycles. The fourth-order valence-corrected chi connectivity index (χ4v) is 17.0. The zero-order valence-electron chi connectivity index (χ0n) is 81.0. The van der Waals surface area contributed by atoms with Crippen LogP contribution in [0.4, 0.5) is 45.5 Å². The van der Waals surface area contributed by atoms with Gasteiger partial charge in [-0.05, 0) is 174 Å². The van der Waals surface area contributed by atoms with Crippen LogP contribution in [-0.4, -0.2) is 212 Å². The van der Waals surface area contributed by atoms with E-state index >= 15 is 0 Å². The Morgan fingerprint density at radius 2 is 0.676 bits per heavy atom. The van der Waals surface area contributed by atoms with Crippen LogP contribution in [0.25, 0.3) is 0 Å². The minimum atomic E-state index is -1.06. The Bertz CT molecular complexity index is 6360. The van der Waals surface area contributed by atoms with Gasteiger partial charge in [0.2, 0.25) is 17.7 Å². The number of carbonyl (C=O) groups excluding carboxylic acids is 13. The molecule has 0 radical (unpaired) electrons. The number of nitrogens with two attached hydrogens (primary N) is 1. The number of hydrogen-bond donors (Lipinski definition) is 9. The lowest BCUT2D eigenvalue weighted by Crippen LogP contribution is -2.37. The largest absolute Gasteiger partial charge is 0.497 e. The molecule has 0 fully saturated rings. The van der Waals surface area contributed by atoms with Crippen molar-refractivity contribution in [1.82, 2.24) is 16.0 Å². The lowest BCUT2D eigenvalue weighted by atomic mass is 10.0. The zero-order valence-corrected chi connectivity index (χ0v) is 81.0. The van der Waals surface area contributed by atoms with E-state index < -0.39 is 17.8 Å². The number of Topliss-reactive ketones (excluding diaryl/α,β-unsaturated/α-hetero) is 4. The van der Waals surface area contributed by atoms with E-state index in [1.165, 1.54) is 60.7 Å². The molecule has 145 heavy (non-hydrogen) atoms. The first-order valence-electron chi connectivity index (χ1n) is 47.0. The first kappa shape index (κ1) is 108. The number of carboxylic acids is 1. The summed E-state index contributed by atoms with van der Waals surface area (Å²) in [7, 11) is 5.72. The van der Waals surface area contributed by atoms with Gasteiger partial charge in [-0.2, -0.15) is 0 Å². The number of methoxy groups -OCH3 is 4. The molecule has 0 aromatic heterocycles. The van der Waals surface area contributed by atoms with Crippen molar-refractivity contribution in [2.75, 3.05) is 74.2 Å². The van der Waals surface area contributed by atoms with Crippen molar-refractivity contribution in [3.05, 3.63) is 295 Å². The molecule has 8 aliphatic heterocycles. The topological polar surface area (TPSA) is 502 Å². The van der Waals surface area contributed by atoms with Gasteiger partial charge in [0.15, 0.2) is 17.3 Å². The summed E-state index contributed by atoms with van der Waals surface area (Å²) in [6.07, 6.45) is 11.4. The van der Waals surface area contributed by atoms with Crippen LogP contribution < -0.4 is 50.8 Å². The smallest absolute Gasteiger partial charge is 0.335 e. The van der Waals surface area contributed by atoms with Gasteiger partial charge in [0.05, 0.1) is 156 Å². The highest BCUT2D eigenvalue weighted by atomic mass is 16.5. The summed E-state index contributed by atoms with van der Waals surface area (Å²) in [5.41, 5.74) is 23.9. The fourth-order valence-electron chi connectivity index (χ4n) is 17.0. The Kier molecular flexibility index (Phi) is 38.5.